The number of Topliss-reactive ketones (excluding diaryl/α,β-unsaturated/α-hetero) is 1. The van der Waals surface area contributed by atoms with Crippen molar-refractivity contribution in [2.45, 2.75) is 12.8 Å². The molecule has 0 radical (unpaired) electrons. The van der Waals surface area contributed by atoms with Gasteiger partial charge in [0.05, 0.1) is 6.20 Å². The van der Waals surface area contributed by atoms with Crippen LogP contribution >= 0.6 is 0 Å². The van der Waals surface area contributed by atoms with Gasteiger partial charge in [-0.25, -0.2) is 4.39 Å². The van der Waals surface area contributed by atoms with Crippen molar-refractivity contribution in [3.63, 3.8) is 0 Å². The summed E-state index contributed by atoms with van der Waals surface area (Å²) < 4.78 is 13.2. The van der Waals surface area contributed by atoms with Gasteiger partial charge in [-0.15, -0.1) is 0 Å². The standard InChI is InChI=1S/C10H8FNO/c11-9-6-12-5-4-7(9)8-2-1-3-10(8)13/h2,4-6H,1,3H2. The molecule has 0 atom stereocenters. The molecule has 0 N–H and O–H groups in total. The molecule has 2 rings (SSSR count). The Morgan fingerprint density at radius 1 is 1.46 bits per heavy atom. The summed E-state index contributed by atoms with van der Waals surface area (Å²) in [6, 6.07) is 1.53. The fourth-order valence-electron chi connectivity index (χ4n) is 1.45. The van der Waals surface area contributed by atoms with Crippen molar-refractivity contribution in [2.75, 3.05) is 0 Å². The van der Waals surface area contributed by atoms with Crippen LogP contribution in [0.4, 0.5) is 4.39 Å². The molecule has 0 amide bonds. The second kappa shape index (κ2) is 3.09. The van der Waals surface area contributed by atoms with Gasteiger partial charge in [0.2, 0.25) is 0 Å². The Labute approximate surface area is 75.1 Å². The lowest BCUT2D eigenvalue weighted by molar-refractivity contribution is -0.113. The Hall–Kier alpha value is -1.51. The van der Waals surface area contributed by atoms with Crippen molar-refractivity contribution in [1.29, 1.82) is 0 Å². The lowest BCUT2D eigenvalue weighted by Crippen LogP contribution is -1.97. The Kier molecular flexibility index (Phi) is 1.93. The van der Waals surface area contributed by atoms with Gasteiger partial charge in [-0.05, 0) is 12.5 Å². The number of carbonyl (C=O) groups excluding carboxylic acids is 1. The van der Waals surface area contributed by atoms with Crippen molar-refractivity contribution in [3.8, 4) is 0 Å². The maximum absolute atomic E-state index is 13.2. The van der Waals surface area contributed by atoms with E-state index in [0.29, 0.717) is 17.6 Å². The highest BCUT2D eigenvalue weighted by molar-refractivity contribution is 6.22. The molecule has 3 heteroatoms. The zero-order valence-corrected chi connectivity index (χ0v) is 6.96. The molecule has 2 nitrogen and oxygen atoms in total. The van der Waals surface area contributed by atoms with Gasteiger partial charge in [0.15, 0.2) is 5.78 Å². The van der Waals surface area contributed by atoms with Crippen LogP contribution in [0.5, 0.6) is 0 Å². The summed E-state index contributed by atoms with van der Waals surface area (Å²) in [6.45, 7) is 0. The smallest absolute Gasteiger partial charge is 0.163 e. The predicted molar refractivity (Wildman–Crippen MR) is 46.4 cm³/mol. The van der Waals surface area contributed by atoms with E-state index in [2.05, 4.69) is 4.98 Å². The van der Waals surface area contributed by atoms with Gasteiger partial charge in [-0.3, -0.25) is 9.78 Å². The van der Waals surface area contributed by atoms with Crippen LogP contribution in [-0.4, -0.2) is 10.8 Å². The van der Waals surface area contributed by atoms with Crippen molar-refractivity contribution >= 4 is 11.4 Å². The number of aromatic nitrogens is 1. The van der Waals surface area contributed by atoms with E-state index < -0.39 is 5.82 Å². The van der Waals surface area contributed by atoms with E-state index in [-0.39, 0.29) is 5.78 Å². The van der Waals surface area contributed by atoms with Crippen molar-refractivity contribution in [3.05, 3.63) is 35.9 Å². The number of nitrogens with zero attached hydrogens (tertiary/aromatic N) is 1. The molecule has 1 aromatic heterocycles. The Morgan fingerprint density at radius 3 is 2.92 bits per heavy atom. The van der Waals surface area contributed by atoms with Gasteiger partial charge >= 0.3 is 0 Å². The molecule has 0 bridgehead atoms. The normalized spacial score (nSPS) is 16.1. The molecule has 1 heterocycles. The first-order valence-corrected chi connectivity index (χ1v) is 4.12. The summed E-state index contributed by atoms with van der Waals surface area (Å²) in [5, 5.41) is 0. The minimum absolute atomic E-state index is 0.0186. The molecular formula is C10H8FNO. The van der Waals surface area contributed by atoms with Crippen LogP contribution in [0.3, 0.4) is 0 Å². The molecule has 1 aliphatic rings. The number of halogens is 1. The third kappa shape index (κ3) is 1.37. The highest BCUT2D eigenvalue weighted by atomic mass is 19.1. The minimum Gasteiger partial charge on any atom is -0.294 e. The van der Waals surface area contributed by atoms with Crippen molar-refractivity contribution in [1.82, 2.24) is 4.98 Å². The topological polar surface area (TPSA) is 30.0 Å². The monoisotopic (exact) mass is 177 g/mol. The number of carbonyl (C=O) groups is 1. The van der Waals surface area contributed by atoms with E-state index in [1.807, 2.05) is 0 Å². The van der Waals surface area contributed by atoms with Gasteiger partial charge in [0.1, 0.15) is 5.82 Å². The summed E-state index contributed by atoms with van der Waals surface area (Å²) in [6.07, 6.45) is 5.61. The number of ketones is 1. The number of allylic oxidation sites excluding steroid dienone is 2. The van der Waals surface area contributed by atoms with E-state index in [9.17, 15) is 9.18 Å². The zero-order chi connectivity index (χ0) is 9.26. The van der Waals surface area contributed by atoms with Crippen molar-refractivity contribution in [2.24, 2.45) is 0 Å². The minimum atomic E-state index is -0.427. The van der Waals surface area contributed by atoms with Gasteiger partial charge in [0, 0.05) is 23.8 Å². The third-order valence-corrected chi connectivity index (χ3v) is 2.08. The highest BCUT2D eigenvalue weighted by Crippen LogP contribution is 2.25. The van der Waals surface area contributed by atoms with Crippen LogP contribution in [-0.2, 0) is 4.79 Å². The van der Waals surface area contributed by atoms with E-state index in [4.69, 9.17) is 0 Å². The van der Waals surface area contributed by atoms with E-state index in [1.54, 1.807) is 6.08 Å². The number of rotatable bonds is 1. The molecule has 0 aromatic carbocycles. The molecule has 0 saturated heterocycles. The lowest BCUT2D eigenvalue weighted by Gasteiger charge is -2.00. The summed E-state index contributed by atoms with van der Waals surface area (Å²) in [4.78, 5) is 14.9. The average Bonchev–Trinajstić information content (AvgIpc) is 2.52. The third-order valence-electron chi connectivity index (χ3n) is 2.08. The maximum Gasteiger partial charge on any atom is 0.163 e. The molecule has 0 unspecified atom stereocenters. The fourth-order valence-corrected chi connectivity index (χ4v) is 1.45. The van der Waals surface area contributed by atoms with Gasteiger partial charge in [-0.1, -0.05) is 6.08 Å². The number of pyridine rings is 1. The van der Waals surface area contributed by atoms with Crippen LogP contribution in [0.1, 0.15) is 18.4 Å². The van der Waals surface area contributed by atoms with Crippen LogP contribution in [0.25, 0.3) is 5.57 Å². The van der Waals surface area contributed by atoms with Gasteiger partial charge in [-0.2, -0.15) is 0 Å². The van der Waals surface area contributed by atoms with E-state index in [0.717, 1.165) is 12.6 Å². The zero-order valence-electron chi connectivity index (χ0n) is 6.96. The predicted octanol–water partition coefficient (Wildman–Crippen LogP) is 1.97. The van der Waals surface area contributed by atoms with Crippen molar-refractivity contribution < 1.29 is 9.18 Å². The molecule has 1 aromatic rings. The van der Waals surface area contributed by atoms with Gasteiger partial charge < -0.3 is 0 Å². The van der Waals surface area contributed by atoms with E-state index in [1.165, 1.54) is 12.3 Å². The molecule has 66 valence electrons. The molecular weight excluding hydrogens is 169 g/mol. The van der Waals surface area contributed by atoms with Crippen LogP contribution in [0, 0.1) is 5.82 Å². The van der Waals surface area contributed by atoms with Crippen LogP contribution in [0.2, 0.25) is 0 Å². The first kappa shape index (κ1) is 8.10. The fraction of sp³-hybridized carbons (Fsp3) is 0.200. The Balaban J connectivity index is 2.46. The lowest BCUT2D eigenvalue weighted by atomic mass is 10.1. The largest absolute Gasteiger partial charge is 0.294 e. The Morgan fingerprint density at radius 2 is 2.31 bits per heavy atom. The highest BCUT2D eigenvalue weighted by Gasteiger charge is 2.19. The summed E-state index contributed by atoms with van der Waals surface area (Å²) in [7, 11) is 0. The Bertz CT molecular complexity index is 384. The number of hydrogen-bond donors (Lipinski definition) is 0. The molecule has 0 saturated carbocycles. The average molecular weight is 177 g/mol. The van der Waals surface area contributed by atoms with Crippen LogP contribution < -0.4 is 0 Å². The molecule has 0 spiro atoms. The quantitative estimate of drug-likeness (QED) is 0.656. The first-order chi connectivity index (χ1) is 6.29. The SMILES string of the molecule is O=C1CCC=C1c1ccncc1F. The molecule has 13 heavy (non-hydrogen) atoms. The second-order valence-corrected chi connectivity index (χ2v) is 2.94. The maximum atomic E-state index is 13.2. The second-order valence-electron chi connectivity index (χ2n) is 2.94. The molecule has 1 aliphatic carbocycles. The first-order valence-electron chi connectivity index (χ1n) is 4.12. The molecule has 0 fully saturated rings. The van der Waals surface area contributed by atoms with Gasteiger partial charge in [0.25, 0.3) is 0 Å². The molecule has 0 aliphatic heterocycles. The summed E-state index contributed by atoms with van der Waals surface area (Å²) >= 11 is 0. The van der Waals surface area contributed by atoms with E-state index >= 15 is 0 Å². The summed E-state index contributed by atoms with van der Waals surface area (Å²) in [5.74, 6) is -0.408. The number of hydrogen-bond acceptors (Lipinski definition) is 2. The van der Waals surface area contributed by atoms with Crippen LogP contribution in [0.15, 0.2) is 24.5 Å². The summed E-state index contributed by atoms with van der Waals surface area (Å²) in [5.41, 5.74) is 0.873.